The Labute approximate surface area is 117 Å². The van der Waals surface area contributed by atoms with Crippen molar-refractivity contribution in [3.8, 4) is 0 Å². The summed E-state index contributed by atoms with van der Waals surface area (Å²) in [5, 5.41) is 3.22. The summed E-state index contributed by atoms with van der Waals surface area (Å²) in [4.78, 5) is 14.3. The number of likely N-dealkylation sites (N-methyl/N-ethyl adjacent to an activating group) is 1. The van der Waals surface area contributed by atoms with E-state index in [0.29, 0.717) is 12.0 Å². The summed E-state index contributed by atoms with van der Waals surface area (Å²) < 4.78 is 5.11. The van der Waals surface area contributed by atoms with Crippen LogP contribution in [0.1, 0.15) is 47.0 Å². The highest BCUT2D eigenvalue weighted by Crippen LogP contribution is 2.29. The number of rotatable bonds is 7. The van der Waals surface area contributed by atoms with Crippen LogP contribution in [0, 0.1) is 5.41 Å². The zero-order valence-corrected chi connectivity index (χ0v) is 13.0. The van der Waals surface area contributed by atoms with E-state index in [1.807, 2.05) is 13.8 Å². The third-order valence-electron chi connectivity index (χ3n) is 3.97. The first-order valence-electron chi connectivity index (χ1n) is 7.61. The fourth-order valence-corrected chi connectivity index (χ4v) is 2.49. The molecule has 1 aliphatic rings. The van der Waals surface area contributed by atoms with Crippen LogP contribution in [0.15, 0.2) is 0 Å². The highest BCUT2D eigenvalue weighted by molar-refractivity contribution is 5.75. The molecule has 1 fully saturated rings. The lowest BCUT2D eigenvalue weighted by Gasteiger charge is -2.37. The SMILES string of the molecule is CCNC(CCN1CCC(C)(C)CC1)C(=O)OCC. The van der Waals surface area contributed by atoms with Crippen LogP contribution in [0.3, 0.4) is 0 Å². The van der Waals surface area contributed by atoms with E-state index in [1.54, 1.807) is 0 Å². The zero-order chi connectivity index (χ0) is 14.3. The minimum atomic E-state index is -0.153. The van der Waals surface area contributed by atoms with E-state index < -0.39 is 0 Å². The third-order valence-corrected chi connectivity index (χ3v) is 3.97. The number of esters is 1. The Bertz CT molecular complexity index is 269. The molecule has 1 aliphatic heterocycles. The van der Waals surface area contributed by atoms with E-state index in [0.717, 1.165) is 32.6 Å². The average molecular weight is 270 g/mol. The molecule has 4 nitrogen and oxygen atoms in total. The maximum absolute atomic E-state index is 11.8. The van der Waals surface area contributed by atoms with Crippen molar-refractivity contribution in [1.29, 1.82) is 0 Å². The molecule has 1 rings (SSSR count). The number of nitrogens with one attached hydrogen (secondary N) is 1. The lowest BCUT2D eigenvalue weighted by atomic mass is 9.82. The summed E-state index contributed by atoms with van der Waals surface area (Å²) in [7, 11) is 0. The molecule has 1 N–H and O–H groups in total. The molecule has 0 aromatic heterocycles. The van der Waals surface area contributed by atoms with Crippen LogP contribution >= 0.6 is 0 Å². The van der Waals surface area contributed by atoms with Crippen molar-refractivity contribution in [3.05, 3.63) is 0 Å². The van der Waals surface area contributed by atoms with Gasteiger partial charge in [-0.3, -0.25) is 4.79 Å². The van der Waals surface area contributed by atoms with Gasteiger partial charge < -0.3 is 15.0 Å². The van der Waals surface area contributed by atoms with Gasteiger partial charge in [-0.2, -0.15) is 0 Å². The minimum absolute atomic E-state index is 0.110. The van der Waals surface area contributed by atoms with Gasteiger partial charge in [0.05, 0.1) is 6.61 Å². The lowest BCUT2D eigenvalue weighted by molar-refractivity contribution is -0.146. The van der Waals surface area contributed by atoms with Crippen molar-refractivity contribution in [3.63, 3.8) is 0 Å². The zero-order valence-electron chi connectivity index (χ0n) is 13.0. The number of carbonyl (C=O) groups is 1. The predicted octanol–water partition coefficient (Wildman–Crippen LogP) is 2.04. The molecule has 4 heteroatoms. The number of ether oxygens (including phenoxy) is 1. The fourth-order valence-electron chi connectivity index (χ4n) is 2.49. The standard InChI is InChI=1S/C15H30N2O2/c1-5-16-13(14(18)19-6-2)7-10-17-11-8-15(3,4)9-12-17/h13,16H,5-12H2,1-4H3. The van der Waals surface area contributed by atoms with Gasteiger partial charge in [0.25, 0.3) is 0 Å². The van der Waals surface area contributed by atoms with Gasteiger partial charge in [0.15, 0.2) is 0 Å². The van der Waals surface area contributed by atoms with E-state index in [4.69, 9.17) is 4.74 Å². The summed E-state index contributed by atoms with van der Waals surface area (Å²) in [5.74, 6) is -0.110. The molecule has 0 spiro atoms. The minimum Gasteiger partial charge on any atom is -0.465 e. The normalized spacial score (nSPS) is 21.1. The molecule has 1 heterocycles. The van der Waals surface area contributed by atoms with Crippen LogP contribution in [-0.2, 0) is 9.53 Å². The van der Waals surface area contributed by atoms with E-state index in [-0.39, 0.29) is 12.0 Å². The van der Waals surface area contributed by atoms with Crippen LogP contribution in [0.25, 0.3) is 0 Å². The molecule has 0 aromatic carbocycles. The number of nitrogens with zero attached hydrogens (tertiary/aromatic N) is 1. The Morgan fingerprint density at radius 2 is 1.95 bits per heavy atom. The van der Waals surface area contributed by atoms with Gasteiger partial charge in [0, 0.05) is 6.54 Å². The maximum Gasteiger partial charge on any atom is 0.323 e. The molecular formula is C15H30N2O2. The lowest BCUT2D eigenvalue weighted by Crippen LogP contribution is -2.43. The van der Waals surface area contributed by atoms with E-state index in [9.17, 15) is 4.79 Å². The van der Waals surface area contributed by atoms with Gasteiger partial charge in [0.1, 0.15) is 6.04 Å². The first-order chi connectivity index (χ1) is 8.98. The van der Waals surface area contributed by atoms with Crippen molar-refractivity contribution >= 4 is 5.97 Å². The number of likely N-dealkylation sites (tertiary alicyclic amines) is 1. The Kier molecular flexibility index (Phi) is 6.80. The fraction of sp³-hybridized carbons (Fsp3) is 0.933. The Morgan fingerprint density at radius 3 is 2.47 bits per heavy atom. The van der Waals surface area contributed by atoms with Crippen LogP contribution in [0.2, 0.25) is 0 Å². The van der Waals surface area contributed by atoms with Gasteiger partial charge in [-0.25, -0.2) is 0 Å². The molecule has 112 valence electrons. The van der Waals surface area contributed by atoms with E-state index >= 15 is 0 Å². The second-order valence-electron chi connectivity index (χ2n) is 6.16. The van der Waals surface area contributed by atoms with Gasteiger partial charge >= 0.3 is 5.97 Å². The van der Waals surface area contributed by atoms with Crippen molar-refractivity contribution in [2.45, 2.75) is 53.0 Å². The molecule has 0 radical (unpaired) electrons. The number of hydrogen-bond acceptors (Lipinski definition) is 4. The molecule has 0 aromatic rings. The second kappa shape index (κ2) is 7.85. The van der Waals surface area contributed by atoms with Gasteiger partial charge in [-0.15, -0.1) is 0 Å². The van der Waals surface area contributed by atoms with Crippen LogP contribution in [-0.4, -0.2) is 49.7 Å². The highest BCUT2D eigenvalue weighted by Gasteiger charge is 2.26. The van der Waals surface area contributed by atoms with Gasteiger partial charge in [-0.1, -0.05) is 20.8 Å². The van der Waals surface area contributed by atoms with Crippen molar-refractivity contribution in [2.24, 2.45) is 5.41 Å². The molecule has 1 atom stereocenters. The molecule has 19 heavy (non-hydrogen) atoms. The van der Waals surface area contributed by atoms with Gasteiger partial charge in [0.2, 0.25) is 0 Å². The third kappa shape index (κ3) is 5.91. The monoisotopic (exact) mass is 270 g/mol. The topological polar surface area (TPSA) is 41.6 Å². The predicted molar refractivity (Wildman–Crippen MR) is 78.2 cm³/mol. The summed E-state index contributed by atoms with van der Waals surface area (Å²) >= 11 is 0. The smallest absolute Gasteiger partial charge is 0.323 e. The molecule has 0 saturated carbocycles. The molecule has 1 saturated heterocycles. The number of piperidine rings is 1. The average Bonchev–Trinajstić information content (AvgIpc) is 2.36. The van der Waals surface area contributed by atoms with Crippen molar-refractivity contribution < 1.29 is 9.53 Å². The van der Waals surface area contributed by atoms with E-state index in [1.165, 1.54) is 12.8 Å². The molecular weight excluding hydrogens is 240 g/mol. The Morgan fingerprint density at radius 1 is 1.32 bits per heavy atom. The van der Waals surface area contributed by atoms with E-state index in [2.05, 4.69) is 24.1 Å². The molecule has 0 bridgehead atoms. The van der Waals surface area contributed by atoms with Crippen LogP contribution in [0.4, 0.5) is 0 Å². The van der Waals surface area contributed by atoms with Gasteiger partial charge in [-0.05, 0) is 51.2 Å². The summed E-state index contributed by atoms with van der Waals surface area (Å²) in [6.07, 6.45) is 3.34. The van der Waals surface area contributed by atoms with Crippen LogP contribution in [0.5, 0.6) is 0 Å². The first kappa shape index (κ1) is 16.4. The van der Waals surface area contributed by atoms with Crippen molar-refractivity contribution in [2.75, 3.05) is 32.8 Å². The highest BCUT2D eigenvalue weighted by atomic mass is 16.5. The summed E-state index contributed by atoms with van der Waals surface area (Å²) in [6.45, 7) is 13.1. The Balaban J connectivity index is 2.33. The number of carbonyl (C=O) groups excluding carboxylic acids is 1. The quantitative estimate of drug-likeness (QED) is 0.719. The second-order valence-corrected chi connectivity index (χ2v) is 6.16. The largest absolute Gasteiger partial charge is 0.465 e. The van der Waals surface area contributed by atoms with Crippen molar-refractivity contribution in [1.82, 2.24) is 10.2 Å². The summed E-state index contributed by atoms with van der Waals surface area (Å²) in [6, 6.07) is -0.153. The maximum atomic E-state index is 11.8. The molecule has 0 aliphatic carbocycles. The summed E-state index contributed by atoms with van der Waals surface area (Å²) in [5.41, 5.74) is 0.485. The molecule has 0 amide bonds. The molecule has 1 unspecified atom stereocenters. The first-order valence-corrected chi connectivity index (χ1v) is 7.61. The number of hydrogen-bond donors (Lipinski definition) is 1. The van der Waals surface area contributed by atoms with Crippen LogP contribution < -0.4 is 5.32 Å². The Hall–Kier alpha value is -0.610.